The predicted molar refractivity (Wildman–Crippen MR) is 108 cm³/mol. The topological polar surface area (TPSA) is 65.5 Å². The van der Waals surface area contributed by atoms with Crippen LogP contribution in [-0.4, -0.2) is 32.5 Å². The Balaban J connectivity index is 0.00000484. The lowest BCUT2D eigenvalue weighted by Crippen LogP contribution is -2.39. The first-order chi connectivity index (χ1) is 10.6. The van der Waals surface area contributed by atoms with E-state index in [0.29, 0.717) is 18.0 Å². The lowest BCUT2D eigenvalue weighted by Gasteiger charge is -2.16. The van der Waals surface area contributed by atoms with E-state index in [1.807, 2.05) is 24.3 Å². The Bertz CT molecular complexity index is 501. The number of carbonyl (C=O) groups excluding carboxylic acids is 1. The van der Waals surface area contributed by atoms with Crippen molar-refractivity contribution in [2.45, 2.75) is 33.2 Å². The number of benzene rings is 1. The van der Waals surface area contributed by atoms with Crippen LogP contribution in [0.15, 0.2) is 29.3 Å². The van der Waals surface area contributed by atoms with Gasteiger partial charge in [0.1, 0.15) is 0 Å². The molecule has 0 spiro atoms. The Morgan fingerprint density at radius 2 is 1.91 bits per heavy atom. The molecule has 1 amide bonds. The second-order valence-electron chi connectivity index (χ2n) is 5.27. The fraction of sp³-hybridized carbons (Fsp3) is 0.529. The van der Waals surface area contributed by atoms with Gasteiger partial charge in [-0.25, -0.2) is 0 Å². The summed E-state index contributed by atoms with van der Waals surface area (Å²) in [6, 6.07) is 7.58. The van der Waals surface area contributed by atoms with Gasteiger partial charge in [-0.1, -0.05) is 38.8 Å². The summed E-state index contributed by atoms with van der Waals surface area (Å²) in [6.07, 6.45) is 2.32. The van der Waals surface area contributed by atoms with Crippen LogP contribution in [0.2, 0.25) is 0 Å². The molecule has 6 heteroatoms. The molecule has 1 rings (SSSR count). The molecule has 23 heavy (non-hydrogen) atoms. The highest BCUT2D eigenvalue weighted by Gasteiger charge is 2.06. The number of hydrogen-bond acceptors (Lipinski definition) is 2. The van der Waals surface area contributed by atoms with E-state index in [-0.39, 0.29) is 29.9 Å². The average molecular weight is 432 g/mol. The number of rotatable bonds is 7. The van der Waals surface area contributed by atoms with Crippen LogP contribution < -0.4 is 16.0 Å². The van der Waals surface area contributed by atoms with Crippen molar-refractivity contribution in [3.63, 3.8) is 0 Å². The molecule has 1 aromatic rings. The first-order valence-electron chi connectivity index (χ1n) is 7.90. The van der Waals surface area contributed by atoms with Gasteiger partial charge < -0.3 is 16.0 Å². The number of nitrogens with one attached hydrogen (secondary N) is 3. The summed E-state index contributed by atoms with van der Waals surface area (Å²) in [4.78, 5) is 15.9. The number of amides is 1. The molecule has 3 N–H and O–H groups in total. The van der Waals surface area contributed by atoms with E-state index in [1.165, 1.54) is 0 Å². The molecule has 0 aromatic heterocycles. The lowest BCUT2D eigenvalue weighted by molar-refractivity contribution is 0.0963. The largest absolute Gasteiger partial charge is 0.356 e. The highest BCUT2D eigenvalue weighted by molar-refractivity contribution is 14.0. The number of halogens is 1. The lowest BCUT2D eigenvalue weighted by atomic mass is 10.0. The summed E-state index contributed by atoms with van der Waals surface area (Å²) in [7, 11) is 3.40. The van der Waals surface area contributed by atoms with Crippen molar-refractivity contribution < 1.29 is 4.79 Å². The van der Waals surface area contributed by atoms with E-state index in [0.717, 1.165) is 30.9 Å². The van der Waals surface area contributed by atoms with Crippen molar-refractivity contribution in [3.8, 4) is 0 Å². The molecule has 1 aromatic carbocycles. The van der Waals surface area contributed by atoms with E-state index in [4.69, 9.17) is 0 Å². The minimum atomic E-state index is -0.0712. The molecule has 0 saturated heterocycles. The first-order valence-corrected chi connectivity index (χ1v) is 7.90. The van der Waals surface area contributed by atoms with Crippen LogP contribution in [0, 0.1) is 5.92 Å². The van der Waals surface area contributed by atoms with Gasteiger partial charge in [-0.15, -0.1) is 24.0 Å². The third-order valence-corrected chi connectivity index (χ3v) is 3.81. The van der Waals surface area contributed by atoms with E-state index >= 15 is 0 Å². The normalized spacial score (nSPS) is 10.9. The maximum atomic E-state index is 11.6. The molecule has 0 saturated carbocycles. The van der Waals surface area contributed by atoms with Gasteiger partial charge in [0.25, 0.3) is 5.91 Å². The molecule has 0 atom stereocenters. The Morgan fingerprint density at radius 3 is 2.48 bits per heavy atom. The van der Waals surface area contributed by atoms with Crippen molar-refractivity contribution in [3.05, 3.63) is 35.4 Å². The number of carbonyl (C=O) groups is 1. The highest BCUT2D eigenvalue weighted by Crippen LogP contribution is 2.06. The second kappa shape index (κ2) is 12.2. The molecule has 0 fully saturated rings. The van der Waals surface area contributed by atoms with Crippen LogP contribution in [-0.2, 0) is 6.54 Å². The predicted octanol–water partition coefficient (Wildman–Crippen LogP) is 2.77. The third kappa shape index (κ3) is 7.67. The Labute approximate surface area is 156 Å². The fourth-order valence-corrected chi connectivity index (χ4v) is 2.19. The van der Waals surface area contributed by atoms with Crippen LogP contribution in [0.25, 0.3) is 0 Å². The molecule has 130 valence electrons. The minimum Gasteiger partial charge on any atom is -0.356 e. The van der Waals surface area contributed by atoms with Gasteiger partial charge in [-0.05, 0) is 23.6 Å². The van der Waals surface area contributed by atoms with Gasteiger partial charge in [0.2, 0.25) is 0 Å². The molecule has 0 aliphatic carbocycles. The minimum absolute atomic E-state index is 0. The number of guanidine groups is 1. The summed E-state index contributed by atoms with van der Waals surface area (Å²) in [5.41, 5.74) is 1.72. The fourth-order valence-electron chi connectivity index (χ4n) is 2.19. The quantitative estimate of drug-likeness (QED) is 0.353. The van der Waals surface area contributed by atoms with Gasteiger partial charge >= 0.3 is 0 Å². The van der Waals surface area contributed by atoms with Crippen molar-refractivity contribution in [2.24, 2.45) is 10.9 Å². The summed E-state index contributed by atoms with van der Waals surface area (Å²) in [5, 5.41) is 9.27. The Hall–Kier alpha value is -1.31. The van der Waals surface area contributed by atoms with Crippen molar-refractivity contribution in [1.82, 2.24) is 16.0 Å². The van der Waals surface area contributed by atoms with Crippen molar-refractivity contribution in [1.29, 1.82) is 0 Å². The zero-order valence-electron chi connectivity index (χ0n) is 14.5. The monoisotopic (exact) mass is 432 g/mol. The van der Waals surface area contributed by atoms with Crippen LogP contribution in [0.3, 0.4) is 0 Å². The third-order valence-electron chi connectivity index (χ3n) is 3.81. The van der Waals surface area contributed by atoms with Gasteiger partial charge in [-0.2, -0.15) is 0 Å². The van der Waals surface area contributed by atoms with Gasteiger partial charge in [0, 0.05) is 32.7 Å². The summed E-state index contributed by atoms with van der Waals surface area (Å²) < 4.78 is 0. The number of hydrogen-bond donors (Lipinski definition) is 3. The van der Waals surface area contributed by atoms with E-state index < -0.39 is 0 Å². The first kappa shape index (κ1) is 21.7. The van der Waals surface area contributed by atoms with E-state index in [9.17, 15) is 4.79 Å². The summed E-state index contributed by atoms with van der Waals surface area (Å²) in [5.74, 6) is 1.38. The van der Waals surface area contributed by atoms with Crippen LogP contribution in [0.1, 0.15) is 42.6 Å². The Kier molecular flexibility index (Phi) is 11.5. The molecule has 0 radical (unpaired) electrons. The van der Waals surface area contributed by atoms with E-state index in [1.54, 1.807) is 14.1 Å². The number of nitrogens with zero attached hydrogens (tertiary/aromatic N) is 1. The average Bonchev–Trinajstić information content (AvgIpc) is 2.57. The molecule has 0 bridgehead atoms. The molecule has 0 aliphatic heterocycles. The molecular formula is C17H29IN4O. The van der Waals surface area contributed by atoms with Crippen LogP contribution in [0.5, 0.6) is 0 Å². The molecule has 0 unspecified atom stereocenters. The summed E-state index contributed by atoms with van der Waals surface area (Å²) >= 11 is 0. The van der Waals surface area contributed by atoms with Gasteiger partial charge in [0.05, 0.1) is 0 Å². The molecule has 5 nitrogen and oxygen atoms in total. The molecule has 0 heterocycles. The van der Waals surface area contributed by atoms with Gasteiger partial charge in [-0.3, -0.25) is 9.79 Å². The van der Waals surface area contributed by atoms with Crippen molar-refractivity contribution in [2.75, 3.05) is 20.6 Å². The van der Waals surface area contributed by atoms with Gasteiger partial charge in [0.15, 0.2) is 5.96 Å². The van der Waals surface area contributed by atoms with E-state index in [2.05, 4.69) is 34.8 Å². The highest BCUT2D eigenvalue weighted by atomic mass is 127. The Morgan fingerprint density at radius 1 is 1.22 bits per heavy atom. The summed E-state index contributed by atoms with van der Waals surface area (Å²) in [6.45, 7) is 5.96. The van der Waals surface area contributed by atoms with Crippen LogP contribution in [0.4, 0.5) is 0 Å². The van der Waals surface area contributed by atoms with Crippen molar-refractivity contribution >= 4 is 35.8 Å². The SMILES string of the molecule is CCC(CC)CNC(=NC)NCc1cccc(C(=O)NC)c1.I. The molecule has 0 aliphatic rings. The zero-order chi connectivity index (χ0) is 16.4. The maximum Gasteiger partial charge on any atom is 0.251 e. The maximum absolute atomic E-state index is 11.6. The standard InChI is InChI=1S/C17H28N4O.HI/c1-5-13(6-2)11-20-17(19-4)21-12-14-8-7-9-15(10-14)16(22)18-3;/h7-10,13H,5-6,11-12H2,1-4H3,(H,18,22)(H2,19,20,21);1H. The zero-order valence-corrected chi connectivity index (χ0v) is 16.8. The smallest absolute Gasteiger partial charge is 0.251 e. The second-order valence-corrected chi connectivity index (χ2v) is 5.27. The van der Waals surface area contributed by atoms with Crippen LogP contribution >= 0.6 is 24.0 Å². The molecular weight excluding hydrogens is 403 g/mol. The number of aliphatic imine (C=N–C) groups is 1.